The van der Waals surface area contributed by atoms with Gasteiger partial charge >= 0.3 is 0 Å². The zero-order chi connectivity index (χ0) is 5.33. The monoisotopic (exact) mass is 210 g/mol. The van der Waals surface area contributed by atoms with E-state index in [0.29, 0.717) is 0 Å². The molecule has 0 bridgehead atoms. The number of alkyl halides is 1. The van der Waals surface area contributed by atoms with Crippen LogP contribution < -0.4 is 0 Å². The van der Waals surface area contributed by atoms with E-state index in [9.17, 15) is 0 Å². The van der Waals surface area contributed by atoms with E-state index < -0.39 is 0 Å². The van der Waals surface area contributed by atoms with Crippen LogP contribution in [-0.4, -0.2) is 3.42 Å². The van der Waals surface area contributed by atoms with E-state index in [-0.39, 0.29) is 0 Å². The van der Waals surface area contributed by atoms with E-state index in [0.717, 1.165) is 3.42 Å². The normalized spacial score (nSPS) is 24.9. The number of hydrogen-bond donors (Lipinski definition) is 0. The predicted octanol–water partition coefficient (Wildman–Crippen LogP) is 2.75. The lowest BCUT2D eigenvalue weighted by molar-refractivity contribution is 0.771. The van der Waals surface area contributed by atoms with Crippen molar-refractivity contribution in [1.82, 2.24) is 0 Å². The van der Waals surface area contributed by atoms with Crippen molar-refractivity contribution in [1.29, 1.82) is 0 Å². The Morgan fingerprint density at radius 1 is 1.57 bits per heavy atom. The molecule has 1 rings (SSSR count). The number of hydrogen-bond acceptors (Lipinski definition) is 0. The van der Waals surface area contributed by atoms with Crippen LogP contribution >= 0.6 is 22.6 Å². The third kappa shape index (κ3) is 1.59. The molecule has 7 heavy (non-hydrogen) atoms. The summed E-state index contributed by atoms with van der Waals surface area (Å²) in [5.41, 5.74) is 0. The smallest absolute Gasteiger partial charge is 0.0223 e. The molecule has 1 aliphatic carbocycles. The molecule has 42 valence electrons. The molecule has 0 aromatic rings. The fourth-order valence-electron chi connectivity index (χ4n) is 0.834. The highest BCUT2D eigenvalue weighted by Crippen LogP contribution is 2.48. The van der Waals surface area contributed by atoms with Crippen molar-refractivity contribution in [2.75, 3.05) is 0 Å². The summed E-state index contributed by atoms with van der Waals surface area (Å²) in [6.45, 7) is 2.26. The average Bonchev–Trinajstić information content (AvgIpc) is 2.22. The second-order valence-corrected chi connectivity index (χ2v) is 4.69. The van der Waals surface area contributed by atoms with Crippen LogP contribution in [0.15, 0.2) is 0 Å². The Bertz CT molecular complexity index is 64.6. The highest BCUT2D eigenvalue weighted by Gasteiger charge is 2.37. The van der Waals surface area contributed by atoms with Gasteiger partial charge in [-0.1, -0.05) is 35.9 Å². The highest BCUT2D eigenvalue weighted by molar-refractivity contribution is 14.1. The Hall–Kier alpha value is 0.730. The summed E-state index contributed by atoms with van der Waals surface area (Å²) in [5, 5.41) is 0. The summed E-state index contributed by atoms with van der Waals surface area (Å²) in [5.74, 6) is 0. The van der Waals surface area contributed by atoms with E-state index in [4.69, 9.17) is 0 Å². The number of rotatable bonds is 2. The van der Waals surface area contributed by atoms with Crippen molar-refractivity contribution in [2.24, 2.45) is 0 Å². The SMILES string of the molecule is CCCC1(I)CC1. The molecule has 0 nitrogen and oxygen atoms in total. The maximum Gasteiger partial charge on any atom is 0.0223 e. The minimum Gasteiger partial charge on any atom is -0.0789 e. The van der Waals surface area contributed by atoms with Gasteiger partial charge in [-0.15, -0.1) is 0 Å². The first kappa shape index (κ1) is 5.86. The van der Waals surface area contributed by atoms with Gasteiger partial charge in [0.2, 0.25) is 0 Å². The first-order chi connectivity index (χ1) is 3.27. The first-order valence-electron chi connectivity index (χ1n) is 2.96. The van der Waals surface area contributed by atoms with E-state index in [1.165, 1.54) is 25.7 Å². The van der Waals surface area contributed by atoms with Crippen molar-refractivity contribution in [3.8, 4) is 0 Å². The van der Waals surface area contributed by atoms with Crippen LogP contribution in [-0.2, 0) is 0 Å². The first-order valence-corrected chi connectivity index (χ1v) is 4.04. The van der Waals surface area contributed by atoms with Gasteiger partial charge in [-0.25, -0.2) is 0 Å². The van der Waals surface area contributed by atoms with E-state index in [1.807, 2.05) is 0 Å². The second-order valence-electron chi connectivity index (χ2n) is 2.40. The third-order valence-electron chi connectivity index (χ3n) is 1.49. The van der Waals surface area contributed by atoms with Gasteiger partial charge in [0, 0.05) is 3.42 Å². The van der Waals surface area contributed by atoms with Crippen molar-refractivity contribution in [3.05, 3.63) is 0 Å². The molecular formula is C6H11I. The minimum absolute atomic E-state index is 0.770. The van der Waals surface area contributed by atoms with Gasteiger partial charge in [0.15, 0.2) is 0 Å². The van der Waals surface area contributed by atoms with Gasteiger partial charge in [-0.2, -0.15) is 0 Å². The summed E-state index contributed by atoms with van der Waals surface area (Å²) in [4.78, 5) is 0. The maximum absolute atomic E-state index is 2.59. The predicted molar refractivity (Wildman–Crippen MR) is 40.9 cm³/mol. The van der Waals surface area contributed by atoms with Gasteiger partial charge in [0.25, 0.3) is 0 Å². The molecule has 0 heterocycles. The molecule has 0 aliphatic heterocycles. The Morgan fingerprint density at radius 2 is 2.14 bits per heavy atom. The van der Waals surface area contributed by atoms with Gasteiger partial charge in [0.05, 0.1) is 0 Å². The Morgan fingerprint density at radius 3 is 2.29 bits per heavy atom. The van der Waals surface area contributed by atoms with Crippen LogP contribution in [0.4, 0.5) is 0 Å². The zero-order valence-electron chi connectivity index (χ0n) is 4.71. The summed E-state index contributed by atoms with van der Waals surface area (Å²) >= 11 is 2.59. The van der Waals surface area contributed by atoms with E-state index in [1.54, 1.807) is 0 Å². The average molecular weight is 210 g/mol. The fourth-order valence-corrected chi connectivity index (χ4v) is 1.64. The van der Waals surface area contributed by atoms with Crippen molar-refractivity contribution < 1.29 is 0 Å². The van der Waals surface area contributed by atoms with Crippen LogP contribution in [0.3, 0.4) is 0 Å². The quantitative estimate of drug-likeness (QED) is 0.485. The fraction of sp³-hybridized carbons (Fsp3) is 1.00. The van der Waals surface area contributed by atoms with Gasteiger partial charge in [-0.05, 0) is 19.3 Å². The Kier molecular flexibility index (Phi) is 1.61. The summed E-state index contributed by atoms with van der Waals surface area (Å²) in [7, 11) is 0. The molecule has 1 fully saturated rings. The van der Waals surface area contributed by atoms with Crippen LogP contribution in [0.5, 0.6) is 0 Å². The molecule has 0 amide bonds. The lowest BCUT2D eigenvalue weighted by Crippen LogP contribution is -1.92. The largest absolute Gasteiger partial charge is 0.0789 e. The van der Waals surface area contributed by atoms with Gasteiger partial charge < -0.3 is 0 Å². The zero-order valence-corrected chi connectivity index (χ0v) is 6.86. The highest BCUT2D eigenvalue weighted by atomic mass is 127. The molecule has 0 spiro atoms. The van der Waals surface area contributed by atoms with E-state index >= 15 is 0 Å². The lowest BCUT2D eigenvalue weighted by atomic mass is 10.2. The second kappa shape index (κ2) is 1.92. The van der Waals surface area contributed by atoms with Crippen molar-refractivity contribution in [3.63, 3.8) is 0 Å². The molecule has 0 unspecified atom stereocenters. The molecular weight excluding hydrogens is 199 g/mol. The van der Waals surface area contributed by atoms with Crippen molar-refractivity contribution in [2.45, 2.75) is 36.0 Å². The minimum atomic E-state index is 0.770. The third-order valence-corrected chi connectivity index (χ3v) is 3.11. The standard InChI is InChI=1S/C6H11I/c1-2-3-6(7)4-5-6/h2-5H2,1H3. The summed E-state index contributed by atoms with van der Waals surface area (Å²) in [6, 6.07) is 0. The molecule has 0 saturated heterocycles. The van der Waals surface area contributed by atoms with Crippen LogP contribution in [0.2, 0.25) is 0 Å². The lowest BCUT2D eigenvalue weighted by Gasteiger charge is -1.99. The van der Waals surface area contributed by atoms with Crippen LogP contribution in [0.25, 0.3) is 0 Å². The molecule has 0 radical (unpaired) electrons. The maximum atomic E-state index is 2.59. The van der Waals surface area contributed by atoms with Crippen molar-refractivity contribution >= 4 is 22.6 Å². The molecule has 0 atom stereocenters. The summed E-state index contributed by atoms with van der Waals surface area (Å²) < 4.78 is 0.770. The molecule has 0 aromatic heterocycles. The molecule has 0 N–H and O–H groups in total. The molecule has 0 aromatic carbocycles. The van der Waals surface area contributed by atoms with Crippen LogP contribution in [0.1, 0.15) is 32.6 Å². The van der Waals surface area contributed by atoms with E-state index in [2.05, 4.69) is 29.5 Å². The van der Waals surface area contributed by atoms with Crippen LogP contribution in [0, 0.1) is 0 Å². The number of halogens is 1. The molecule has 1 heteroatoms. The Labute approximate surface area is 58.8 Å². The topological polar surface area (TPSA) is 0 Å². The molecule has 1 aliphatic rings. The molecule has 1 saturated carbocycles. The summed E-state index contributed by atoms with van der Waals surface area (Å²) in [6.07, 6.45) is 5.75. The van der Waals surface area contributed by atoms with Gasteiger partial charge in [0.1, 0.15) is 0 Å². The van der Waals surface area contributed by atoms with Gasteiger partial charge in [-0.3, -0.25) is 0 Å². The Balaban J connectivity index is 2.13.